The van der Waals surface area contributed by atoms with Crippen molar-refractivity contribution in [2.75, 3.05) is 12.3 Å². The van der Waals surface area contributed by atoms with Gasteiger partial charge in [0.05, 0.1) is 6.54 Å². The number of nitrogen functional groups attached to an aromatic ring is 1. The first kappa shape index (κ1) is 26.4. The molecule has 4 rings (SSSR count). The number of nitrogens with one attached hydrogen (secondary N) is 1. The Labute approximate surface area is 213 Å². The lowest BCUT2D eigenvalue weighted by atomic mass is 9.84. The zero-order valence-electron chi connectivity index (χ0n) is 22.1. The van der Waals surface area contributed by atoms with E-state index >= 15 is 0 Å². The molecule has 0 spiro atoms. The van der Waals surface area contributed by atoms with Gasteiger partial charge in [-0.1, -0.05) is 32.1 Å². The molecule has 3 fully saturated rings. The lowest BCUT2D eigenvalue weighted by Crippen LogP contribution is -2.68. The Kier molecular flexibility index (Phi) is 7.07. The molecule has 9 nitrogen and oxygen atoms in total. The van der Waals surface area contributed by atoms with Gasteiger partial charge in [0, 0.05) is 30.0 Å². The molecule has 198 valence electrons. The van der Waals surface area contributed by atoms with Crippen LogP contribution in [-0.4, -0.2) is 51.1 Å². The van der Waals surface area contributed by atoms with Gasteiger partial charge in [-0.15, -0.1) is 0 Å². The molecule has 2 heterocycles. The predicted molar refractivity (Wildman–Crippen MR) is 136 cm³/mol. The fourth-order valence-electron chi connectivity index (χ4n) is 6.67. The first-order valence-corrected chi connectivity index (χ1v) is 13.3. The highest BCUT2D eigenvalue weighted by Crippen LogP contribution is 2.61. The van der Waals surface area contributed by atoms with E-state index in [1.807, 2.05) is 13.0 Å². The maximum atomic E-state index is 14.6. The van der Waals surface area contributed by atoms with Crippen molar-refractivity contribution in [2.24, 2.45) is 17.6 Å². The highest BCUT2D eigenvalue weighted by molar-refractivity contribution is 5.92. The molecule has 36 heavy (non-hydrogen) atoms. The van der Waals surface area contributed by atoms with Crippen molar-refractivity contribution in [3.63, 3.8) is 0 Å². The molecule has 2 aliphatic carbocycles. The summed E-state index contributed by atoms with van der Waals surface area (Å²) in [5, 5.41) is 2.91. The molecule has 9 heteroatoms. The van der Waals surface area contributed by atoms with E-state index < -0.39 is 29.2 Å². The number of fused-ring (bicyclic) bond motifs is 1. The highest BCUT2D eigenvalue weighted by atomic mass is 16.6. The predicted octanol–water partition coefficient (Wildman–Crippen LogP) is 3.33. The minimum atomic E-state index is -0.939. The van der Waals surface area contributed by atoms with Gasteiger partial charge in [0.25, 0.3) is 5.91 Å². The first-order chi connectivity index (χ1) is 16.9. The molecule has 1 aromatic rings. The molecule has 3 amide bonds. The van der Waals surface area contributed by atoms with Gasteiger partial charge in [-0.3, -0.25) is 4.79 Å². The molecule has 1 aliphatic heterocycles. The van der Waals surface area contributed by atoms with Crippen LogP contribution >= 0.6 is 0 Å². The number of rotatable bonds is 7. The van der Waals surface area contributed by atoms with Crippen molar-refractivity contribution < 1.29 is 23.6 Å². The summed E-state index contributed by atoms with van der Waals surface area (Å²) in [5.74, 6) is 0.239. The quantitative estimate of drug-likeness (QED) is 0.491. The number of hydrogen-bond acceptors (Lipinski definition) is 6. The van der Waals surface area contributed by atoms with Gasteiger partial charge in [-0.2, -0.15) is 0 Å². The Bertz CT molecular complexity index is 1030. The third-order valence-electron chi connectivity index (χ3n) is 8.48. The number of aryl methyl sites for hydroxylation is 1. The van der Waals surface area contributed by atoms with E-state index in [9.17, 15) is 14.4 Å². The molecule has 1 aromatic heterocycles. The summed E-state index contributed by atoms with van der Waals surface area (Å²) in [4.78, 5) is 44.8. The van der Waals surface area contributed by atoms with Crippen LogP contribution in [0.5, 0.6) is 0 Å². The van der Waals surface area contributed by atoms with Gasteiger partial charge in [0.1, 0.15) is 24.0 Å². The molecule has 0 radical (unpaired) electrons. The number of amides is 3. The van der Waals surface area contributed by atoms with Crippen molar-refractivity contribution in [1.29, 1.82) is 0 Å². The molecule has 5 N–H and O–H groups in total. The number of piperidine rings is 1. The topological polar surface area (TPSA) is 137 Å². The lowest BCUT2D eigenvalue weighted by molar-refractivity contribution is -0.885. The van der Waals surface area contributed by atoms with Crippen molar-refractivity contribution in [3.05, 3.63) is 23.4 Å². The smallest absolute Gasteiger partial charge is 0.408 e. The van der Waals surface area contributed by atoms with E-state index in [1.54, 1.807) is 26.8 Å². The summed E-state index contributed by atoms with van der Waals surface area (Å²) in [6, 6.07) is 2.84. The molecular formula is C27H42N5O4+. The summed E-state index contributed by atoms with van der Waals surface area (Å²) in [6.07, 6.45) is 6.79. The van der Waals surface area contributed by atoms with Crippen LogP contribution < -0.4 is 16.8 Å². The fraction of sp³-hybridized carbons (Fsp3) is 0.704. The number of quaternary nitrogens is 1. The number of carbonyl (C=O) groups is 3. The Morgan fingerprint density at radius 2 is 1.89 bits per heavy atom. The Hall–Kier alpha value is -2.68. The maximum absolute atomic E-state index is 14.6. The van der Waals surface area contributed by atoms with E-state index in [0.29, 0.717) is 37.7 Å². The second-order valence-electron chi connectivity index (χ2n) is 12.1. The SMILES string of the molecule is Cc1nc(N)ccc1C[N+]1(C(=O)[C@@H](CC2CCCCC2)NC(=O)OC(C)(C)C)CC[C@@H]2C[C@@]21C(N)=O. The second-order valence-corrected chi connectivity index (χ2v) is 12.1. The molecule has 0 aromatic carbocycles. The van der Waals surface area contributed by atoms with Crippen LogP contribution in [0.15, 0.2) is 12.1 Å². The number of pyridine rings is 1. The number of alkyl carbamates (subject to hydrolysis) is 1. The van der Waals surface area contributed by atoms with Gasteiger partial charge >= 0.3 is 12.0 Å². The van der Waals surface area contributed by atoms with Crippen molar-refractivity contribution >= 4 is 23.7 Å². The van der Waals surface area contributed by atoms with Crippen LogP contribution in [0.2, 0.25) is 0 Å². The fourth-order valence-corrected chi connectivity index (χ4v) is 6.67. The number of hydrogen-bond donors (Lipinski definition) is 3. The maximum Gasteiger partial charge on any atom is 0.408 e. The Balaban J connectivity index is 1.71. The average Bonchev–Trinajstić information content (AvgIpc) is 3.45. The van der Waals surface area contributed by atoms with E-state index in [1.165, 1.54) is 6.42 Å². The van der Waals surface area contributed by atoms with E-state index in [0.717, 1.165) is 43.4 Å². The van der Waals surface area contributed by atoms with Crippen LogP contribution in [0.3, 0.4) is 0 Å². The number of ether oxygens (including phenoxy) is 1. The first-order valence-electron chi connectivity index (χ1n) is 13.3. The molecule has 0 bridgehead atoms. The second kappa shape index (κ2) is 9.65. The number of likely N-dealkylation sites (tertiary alicyclic amines) is 1. The van der Waals surface area contributed by atoms with Gasteiger partial charge in [0.2, 0.25) is 0 Å². The molecule has 3 aliphatic rings. The molecular weight excluding hydrogens is 458 g/mol. The molecule has 4 atom stereocenters. The summed E-state index contributed by atoms with van der Waals surface area (Å²) in [7, 11) is 0. The Morgan fingerprint density at radius 3 is 2.47 bits per heavy atom. The van der Waals surface area contributed by atoms with Gasteiger partial charge in [-0.25, -0.2) is 19.1 Å². The monoisotopic (exact) mass is 500 g/mol. The van der Waals surface area contributed by atoms with Crippen LogP contribution in [0.1, 0.15) is 83.4 Å². The molecule has 1 saturated heterocycles. The summed E-state index contributed by atoms with van der Waals surface area (Å²) < 4.78 is 5.46. The average molecular weight is 501 g/mol. The van der Waals surface area contributed by atoms with Crippen LogP contribution in [0.25, 0.3) is 0 Å². The number of primary amides is 1. The summed E-state index contributed by atoms with van der Waals surface area (Å²) in [5.41, 5.74) is 11.9. The third-order valence-corrected chi connectivity index (χ3v) is 8.48. The Morgan fingerprint density at radius 1 is 1.19 bits per heavy atom. The van der Waals surface area contributed by atoms with Crippen LogP contribution in [0.4, 0.5) is 10.6 Å². The number of nitrogens with zero attached hydrogens (tertiary/aromatic N) is 2. The molecule has 2 saturated carbocycles. The van der Waals surface area contributed by atoms with Crippen LogP contribution in [-0.2, 0) is 20.9 Å². The summed E-state index contributed by atoms with van der Waals surface area (Å²) in [6.45, 7) is 8.07. The standard InChI is InChI=1S/C27H41N5O4/c1-17-19(10-11-22(28)30-17)16-32(13-12-20-15-27(20,32)24(29)34)23(33)21(14-18-8-6-5-7-9-18)31-25(35)36-26(2,3)4/h10-11,18,20-21H,5-9,12-16H2,1-4H3,(H4-,28,29,30,31,34,35)/p+1/t20-,21-,27+,32?/m1/s1. The minimum absolute atomic E-state index is 0.0768. The lowest BCUT2D eigenvalue weighted by Gasteiger charge is -2.42. The van der Waals surface area contributed by atoms with E-state index in [2.05, 4.69) is 10.3 Å². The zero-order valence-corrected chi connectivity index (χ0v) is 22.1. The van der Waals surface area contributed by atoms with Crippen molar-refractivity contribution in [3.8, 4) is 0 Å². The highest BCUT2D eigenvalue weighted by Gasteiger charge is 2.79. The van der Waals surface area contributed by atoms with Gasteiger partial charge in [0.15, 0.2) is 5.54 Å². The van der Waals surface area contributed by atoms with Gasteiger partial charge in [-0.05, 0) is 52.2 Å². The van der Waals surface area contributed by atoms with Gasteiger partial charge < -0.3 is 21.5 Å². The van der Waals surface area contributed by atoms with Crippen LogP contribution in [0, 0.1) is 18.8 Å². The number of nitrogens with two attached hydrogens (primary N) is 2. The van der Waals surface area contributed by atoms with E-state index in [4.69, 9.17) is 16.2 Å². The molecule has 1 unspecified atom stereocenters. The summed E-state index contributed by atoms with van der Waals surface area (Å²) >= 11 is 0. The van der Waals surface area contributed by atoms with E-state index in [-0.39, 0.29) is 16.3 Å². The number of carbonyl (C=O) groups excluding carboxylic acids is 3. The third kappa shape index (κ3) is 4.94. The number of aromatic nitrogens is 1. The minimum Gasteiger partial charge on any atom is -0.444 e. The zero-order chi connectivity index (χ0) is 26.3. The number of anilines is 1. The normalized spacial score (nSPS) is 28.7. The largest absolute Gasteiger partial charge is 0.444 e. The van der Waals surface area contributed by atoms with Crippen molar-refractivity contribution in [1.82, 2.24) is 10.3 Å². The van der Waals surface area contributed by atoms with Crippen molar-refractivity contribution in [2.45, 2.75) is 103 Å².